The molecular weight excluding hydrogens is 386 g/mol. The molecule has 0 aliphatic rings. The number of rotatable bonds is 8. The van der Waals surface area contributed by atoms with Gasteiger partial charge in [0.15, 0.2) is 5.75 Å². The summed E-state index contributed by atoms with van der Waals surface area (Å²) in [7, 11) is 1.64. The monoisotopic (exact) mass is 407 g/mol. The van der Waals surface area contributed by atoms with Gasteiger partial charge in [0.25, 0.3) is 11.6 Å². The maximum atomic E-state index is 12.8. The van der Waals surface area contributed by atoms with Gasteiger partial charge in [-0.2, -0.15) is 0 Å². The first-order valence-electron chi connectivity index (χ1n) is 9.29. The second kappa shape index (κ2) is 9.42. The molecule has 0 atom stereocenters. The van der Waals surface area contributed by atoms with Crippen LogP contribution in [0, 0.1) is 10.1 Å². The fourth-order valence-electron chi connectivity index (χ4n) is 2.80. The minimum absolute atomic E-state index is 0.155. The largest absolute Gasteiger partial charge is 0.494 e. The molecule has 3 aromatic rings. The molecule has 0 aliphatic carbocycles. The maximum Gasteiger partial charge on any atom is 0.270 e. The van der Waals surface area contributed by atoms with E-state index >= 15 is 0 Å². The van der Waals surface area contributed by atoms with Crippen LogP contribution in [0.5, 0.6) is 17.2 Å². The van der Waals surface area contributed by atoms with E-state index in [1.807, 2.05) is 6.92 Å². The van der Waals surface area contributed by atoms with E-state index in [2.05, 4.69) is 10.6 Å². The van der Waals surface area contributed by atoms with Crippen molar-refractivity contribution in [2.24, 2.45) is 0 Å². The minimum Gasteiger partial charge on any atom is -0.494 e. The third-order valence-electron chi connectivity index (χ3n) is 4.23. The van der Waals surface area contributed by atoms with Crippen LogP contribution in [0.4, 0.5) is 17.1 Å². The fraction of sp³-hybridized carbons (Fsp3) is 0.136. The van der Waals surface area contributed by atoms with Crippen molar-refractivity contribution in [2.75, 3.05) is 24.3 Å². The Kier molecular flexibility index (Phi) is 6.49. The van der Waals surface area contributed by atoms with Crippen LogP contribution < -0.4 is 20.1 Å². The predicted molar refractivity (Wildman–Crippen MR) is 115 cm³/mol. The highest BCUT2D eigenvalue weighted by Gasteiger charge is 2.18. The van der Waals surface area contributed by atoms with Crippen LogP contribution in [0.3, 0.4) is 0 Å². The van der Waals surface area contributed by atoms with Gasteiger partial charge in [-0.25, -0.2) is 0 Å². The maximum absolute atomic E-state index is 12.8. The lowest BCUT2D eigenvalue weighted by Crippen LogP contribution is -2.15. The Morgan fingerprint density at radius 3 is 2.37 bits per heavy atom. The average molecular weight is 407 g/mol. The lowest BCUT2D eigenvalue weighted by atomic mass is 10.1. The summed E-state index contributed by atoms with van der Waals surface area (Å²) in [6, 6.07) is 18.1. The molecule has 154 valence electrons. The van der Waals surface area contributed by atoms with Crippen molar-refractivity contribution in [3.8, 4) is 17.2 Å². The highest BCUT2D eigenvalue weighted by atomic mass is 16.6. The van der Waals surface area contributed by atoms with Crippen LogP contribution in [-0.4, -0.2) is 24.5 Å². The third kappa shape index (κ3) is 4.85. The molecule has 0 saturated heterocycles. The number of hydrogen-bond donors (Lipinski definition) is 2. The van der Waals surface area contributed by atoms with E-state index in [0.29, 0.717) is 29.5 Å². The van der Waals surface area contributed by atoms with Crippen LogP contribution >= 0.6 is 0 Å². The van der Waals surface area contributed by atoms with Gasteiger partial charge in [0.2, 0.25) is 0 Å². The van der Waals surface area contributed by atoms with Crippen LogP contribution in [0.2, 0.25) is 0 Å². The summed E-state index contributed by atoms with van der Waals surface area (Å²) in [5.74, 6) is 1.25. The van der Waals surface area contributed by atoms with Gasteiger partial charge in [-0.15, -0.1) is 0 Å². The average Bonchev–Trinajstić information content (AvgIpc) is 2.76. The highest BCUT2D eigenvalue weighted by molar-refractivity contribution is 6.09. The Morgan fingerprint density at radius 1 is 1.00 bits per heavy atom. The lowest BCUT2D eigenvalue weighted by molar-refractivity contribution is -0.384. The lowest BCUT2D eigenvalue weighted by Gasteiger charge is -2.14. The molecule has 0 spiro atoms. The van der Waals surface area contributed by atoms with Crippen molar-refractivity contribution in [1.82, 2.24) is 0 Å². The standard InChI is InChI=1S/C22H21N3O5/c1-3-29-16-9-11-17(12-10-16)30-21-7-5-4-6-20(21)24-22(26)18-14-15(25(27)28)8-13-19(18)23-2/h4-14,23H,3H2,1-2H3,(H,24,26). The first-order chi connectivity index (χ1) is 14.5. The Labute approximate surface area is 173 Å². The van der Waals surface area contributed by atoms with Crippen molar-refractivity contribution in [2.45, 2.75) is 6.92 Å². The summed E-state index contributed by atoms with van der Waals surface area (Å²) >= 11 is 0. The molecule has 0 radical (unpaired) electrons. The molecule has 0 aromatic heterocycles. The van der Waals surface area contributed by atoms with Gasteiger partial charge in [0, 0.05) is 24.9 Å². The van der Waals surface area contributed by atoms with E-state index in [4.69, 9.17) is 9.47 Å². The first kappa shape index (κ1) is 20.7. The number of para-hydroxylation sites is 2. The van der Waals surface area contributed by atoms with Gasteiger partial charge in [-0.1, -0.05) is 12.1 Å². The van der Waals surface area contributed by atoms with E-state index in [1.165, 1.54) is 18.2 Å². The normalized spacial score (nSPS) is 10.2. The molecule has 1 amide bonds. The number of nitro groups is 1. The number of nitrogens with zero attached hydrogens (tertiary/aromatic N) is 1. The van der Waals surface area contributed by atoms with E-state index in [0.717, 1.165) is 5.75 Å². The quantitative estimate of drug-likeness (QED) is 0.399. The Balaban J connectivity index is 1.83. The molecule has 0 heterocycles. The van der Waals surface area contributed by atoms with Crippen LogP contribution in [-0.2, 0) is 0 Å². The van der Waals surface area contributed by atoms with Crippen molar-refractivity contribution in [3.63, 3.8) is 0 Å². The van der Waals surface area contributed by atoms with Gasteiger partial charge >= 0.3 is 0 Å². The Bertz CT molecular complexity index is 1050. The molecule has 8 nitrogen and oxygen atoms in total. The molecule has 2 N–H and O–H groups in total. The minimum atomic E-state index is -0.542. The zero-order valence-electron chi connectivity index (χ0n) is 16.5. The van der Waals surface area contributed by atoms with E-state index in [9.17, 15) is 14.9 Å². The molecule has 3 aromatic carbocycles. The molecule has 0 unspecified atom stereocenters. The summed E-state index contributed by atoms with van der Waals surface area (Å²) in [6.07, 6.45) is 0. The van der Waals surface area contributed by atoms with Crippen LogP contribution in [0.25, 0.3) is 0 Å². The second-order valence-electron chi connectivity index (χ2n) is 6.19. The SMILES string of the molecule is CCOc1ccc(Oc2ccccc2NC(=O)c2cc([N+](=O)[O-])ccc2NC)cc1. The van der Waals surface area contributed by atoms with E-state index < -0.39 is 10.8 Å². The number of nitrogens with one attached hydrogen (secondary N) is 2. The molecular formula is C22H21N3O5. The molecule has 8 heteroatoms. The molecule has 0 saturated carbocycles. The van der Waals surface area contributed by atoms with Crippen molar-refractivity contribution < 1.29 is 19.2 Å². The smallest absolute Gasteiger partial charge is 0.270 e. The van der Waals surface area contributed by atoms with Gasteiger partial charge in [0.1, 0.15) is 11.5 Å². The van der Waals surface area contributed by atoms with Crippen molar-refractivity contribution in [3.05, 3.63) is 82.4 Å². The van der Waals surface area contributed by atoms with Crippen molar-refractivity contribution >= 4 is 23.0 Å². The summed E-state index contributed by atoms with van der Waals surface area (Å²) in [6.45, 7) is 2.48. The van der Waals surface area contributed by atoms with Crippen molar-refractivity contribution in [1.29, 1.82) is 0 Å². The number of amides is 1. The number of hydrogen-bond acceptors (Lipinski definition) is 6. The number of nitro benzene ring substituents is 1. The fourth-order valence-corrected chi connectivity index (χ4v) is 2.80. The molecule has 3 rings (SSSR count). The van der Waals surface area contributed by atoms with Gasteiger partial charge in [-0.3, -0.25) is 14.9 Å². The Hall–Kier alpha value is -4.07. The van der Waals surface area contributed by atoms with Crippen LogP contribution in [0.15, 0.2) is 66.7 Å². The first-order valence-corrected chi connectivity index (χ1v) is 9.29. The number of non-ortho nitro benzene ring substituents is 1. The van der Waals surface area contributed by atoms with E-state index in [-0.39, 0.29) is 11.3 Å². The zero-order chi connectivity index (χ0) is 21.5. The zero-order valence-corrected chi connectivity index (χ0v) is 16.5. The van der Waals surface area contributed by atoms with Gasteiger partial charge < -0.3 is 20.1 Å². The number of benzene rings is 3. The highest BCUT2D eigenvalue weighted by Crippen LogP contribution is 2.31. The Morgan fingerprint density at radius 2 is 1.70 bits per heavy atom. The third-order valence-corrected chi connectivity index (χ3v) is 4.23. The molecule has 0 fully saturated rings. The summed E-state index contributed by atoms with van der Waals surface area (Å²) in [5.41, 5.74) is 0.897. The molecule has 30 heavy (non-hydrogen) atoms. The molecule has 0 bridgehead atoms. The topological polar surface area (TPSA) is 103 Å². The number of carbonyl (C=O) groups excluding carboxylic acids is 1. The second-order valence-corrected chi connectivity index (χ2v) is 6.19. The van der Waals surface area contributed by atoms with Crippen LogP contribution in [0.1, 0.15) is 17.3 Å². The number of carbonyl (C=O) groups is 1. The number of ether oxygens (including phenoxy) is 2. The molecule has 0 aliphatic heterocycles. The summed E-state index contributed by atoms with van der Waals surface area (Å²) in [5, 5.41) is 16.7. The van der Waals surface area contributed by atoms with Gasteiger partial charge in [0.05, 0.1) is 22.8 Å². The predicted octanol–water partition coefficient (Wildman–Crippen LogP) is 5.08. The van der Waals surface area contributed by atoms with E-state index in [1.54, 1.807) is 55.6 Å². The van der Waals surface area contributed by atoms with Gasteiger partial charge in [-0.05, 0) is 49.4 Å². The number of anilines is 2. The summed E-state index contributed by atoms with van der Waals surface area (Å²) in [4.78, 5) is 23.4. The summed E-state index contributed by atoms with van der Waals surface area (Å²) < 4.78 is 11.3.